The van der Waals surface area contributed by atoms with E-state index < -0.39 is 0 Å². The number of ether oxygens (including phenoxy) is 1. The van der Waals surface area contributed by atoms with Gasteiger partial charge in [0, 0.05) is 17.8 Å². The molecule has 0 aliphatic rings. The van der Waals surface area contributed by atoms with Crippen molar-refractivity contribution in [3.8, 4) is 5.75 Å². The lowest BCUT2D eigenvalue weighted by atomic mass is 10.1. The Hall–Kier alpha value is -3.19. The first-order chi connectivity index (χ1) is 14.2. The summed E-state index contributed by atoms with van der Waals surface area (Å²) in [5.74, 6) is 0.653. The predicted molar refractivity (Wildman–Crippen MR) is 113 cm³/mol. The number of likely N-dealkylation sites (N-methyl/N-ethyl adjacent to an activating group) is 1. The lowest BCUT2D eigenvalue weighted by molar-refractivity contribution is 0.102. The summed E-state index contributed by atoms with van der Waals surface area (Å²) < 4.78 is 7.51. The molecule has 1 amide bonds. The van der Waals surface area contributed by atoms with E-state index in [1.54, 1.807) is 11.0 Å². The van der Waals surface area contributed by atoms with Gasteiger partial charge < -0.3 is 15.0 Å². The van der Waals surface area contributed by atoms with E-state index in [1.807, 2.05) is 48.5 Å². The molecule has 0 saturated carbocycles. The lowest BCUT2D eigenvalue weighted by Gasteiger charge is -2.18. The predicted octanol–water partition coefficient (Wildman–Crippen LogP) is 3.30. The Bertz CT molecular complexity index is 873. The zero-order chi connectivity index (χ0) is 20.5. The molecule has 0 radical (unpaired) electrons. The molecular weight excluding hydrogens is 366 g/mol. The molecule has 2 aromatic carbocycles. The van der Waals surface area contributed by atoms with Gasteiger partial charge in [-0.1, -0.05) is 26.0 Å². The van der Waals surface area contributed by atoms with Crippen molar-refractivity contribution >= 4 is 11.6 Å². The van der Waals surface area contributed by atoms with Crippen LogP contribution in [0.5, 0.6) is 5.75 Å². The number of rotatable bonds is 10. The van der Waals surface area contributed by atoms with Gasteiger partial charge in [-0.15, -0.1) is 0 Å². The molecule has 152 valence electrons. The molecule has 1 heterocycles. The van der Waals surface area contributed by atoms with E-state index in [0.717, 1.165) is 36.6 Å². The second-order valence-electron chi connectivity index (χ2n) is 6.64. The van der Waals surface area contributed by atoms with Crippen LogP contribution in [0.2, 0.25) is 0 Å². The van der Waals surface area contributed by atoms with Crippen LogP contribution < -0.4 is 10.1 Å². The van der Waals surface area contributed by atoms with Crippen molar-refractivity contribution < 1.29 is 9.53 Å². The molecule has 0 spiro atoms. The summed E-state index contributed by atoms with van der Waals surface area (Å²) in [5, 5.41) is 6.99. The van der Waals surface area contributed by atoms with Crippen molar-refractivity contribution in [2.24, 2.45) is 0 Å². The van der Waals surface area contributed by atoms with E-state index in [9.17, 15) is 4.79 Å². The molecule has 7 heteroatoms. The summed E-state index contributed by atoms with van der Waals surface area (Å²) in [6, 6.07) is 14.9. The monoisotopic (exact) mass is 393 g/mol. The molecule has 0 saturated heterocycles. The Morgan fingerprint density at radius 3 is 2.41 bits per heavy atom. The van der Waals surface area contributed by atoms with Crippen LogP contribution in [0, 0.1) is 0 Å². The Morgan fingerprint density at radius 1 is 1.07 bits per heavy atom. The number of amides is 1. The summed E-state index contributed by atoms with van der Waals surface area (Å²) in [6.45, 7) is 8.50. The average Bonchev–Trinajstić information content (AvgIpc) is 3.26. The highest BCUT2D eigenvalue weighted by Crippen LogP contribution is 2.17. The first kappa shape index (κ1) is 20.5. The van der Waals surface area contributed by atoms with Gasteiger partial charge in [0.2, 0.25) is 0 Å². The van der Waals surface area contributed by atoms with Gasteiger partial charge in [0.15, 0.2) is 0 Å². The van der Waals surface area contributed by atoms with Gasteiger partial charge in [0.1, 0.15) is 25.0 Å². The molecule has 1 aromatic heterocycles. The third-order valence-electron chi connectivity index (χ3n) is 4.71. The third-order valence-corrected chi connectivity index (χ3v) is 4.71. The molecule has 3 aromatic rings. The summed E-state index contributed by atoms with van der Waals surface area (Å²) >= 11 is 0. The normalized spacial score (nSPS) is 10.9. The van der Waals surface area contributed by atoms with Gasteiger partial charge in [-0.25, -0.2) is 9.67 Å². The van der Waals surface area contributed by atoms with Crippen molar-refractivity contribution in [1.29, 1.82) is 0 Å². The lowest BCUT2D eigenvalue weighted by Crippen LogP contribution is -2.27. The van der Waals surface area contributed by atoms with Crippen molar-refractivity contribution in [2.75, 3.05) is 31.6 Å². The molecular formula is C22H27N5O2. The second-order valence-corrected chi connectivity index (χ2v) is 6.64. The van der Waals surface area contributed by atoms with Crippen LogP contribution in [-0.2, 0) is 6.54 Å². The summed E-state index contributed by atoms with van der Waals surface area (Å²) in [7, 11) is 0. The maximum absolute atomic E-state index is 12.5. The van der Waals surface area contributed by atoms with Crippen molar-refractivity contribution in [2.45, 2.75) is 20.4 Å². The quantitative estimate of drug-likeness (QED) is 0.572. The molecule has 0 atom stereocenters. The maximum Gasteiger partial charge on any atom is 0.255 e. The molecule has 3 rings (SSSR count). The summed E-state index contributed by atoms with van der Waals surface area (Å²) in [4.78, 5) is 18.7. The van der Waals surface area contributed by atoms with Gasteiger partial charge in [-0.05, 0) is 55.1 Å². The van der Waals surface area contributed by atoms with E-state index in [0.29, 0.717) is 18.7 Å². The van der Waals surface area contributed by atoms with Crippen LogP contribution in [-0.4, -0.2) is 51.8 Å². The molecule has 0 unspecified atom stereocenters. The largest absolute Gasteiger partial charge is 0.492 e. The van der Waals surface area contributed by atoms with Crippen LogP contribution in [0.25, 0.3) is 0 Å². The number of carbonyl (C=O) groups is 1. The fourth-order valence-electron chi connectivity index (χ4n) is 2.93. The minimum absolute atomic E-state index is 0.146. The van der Waals surface area contributed by atoms with Gasteiger partial charge in [0.05, 0.1) is 6.54 Å². The molecule has 29 heavy (non-hydrogen) atoms. The van der Waals surface area contributed by atoms with Crippen molar-refractivity contribution in [1.82, 2.24) is 19.7 Å². The van der Waals surface area contributed by atoms with E-state index in [4.69, 9.17) is 4.74 Å². The van der Waals surface area contributed by atoms with Crippen LogP contribution >= 0.6 is 0 Å². The van der Waals surface area contributed by atoms with E-state index in [1.165, 1.54) is 6.33 Å². The number of benzene rings is 2. The van der Waals surface area contributed by atoms with Crippen LogP contribution in [0.3, 0.4) is 0 Å². The SMILES string of the molecule is CCN(CC)CCOc1ccc(NC(=O)c2ccc(Cn3cncn3)cc2)cc1. The van der Waals surface area contributed by atoms with Gasteiger partial charge in [0.25, 0.3) is 5.91 Å². The minimum Gasteiger partial charge on any atom is -0.492 e. The number of anilines is 1. The van der Waals surface area contributed by atoms with Crippen LogP contribution in [0.15, 0.2) is 61.2 Å². The number of hydrogen-bond donors (Lipinski definition) is 1. The highest BCUT2D eigenvalue weighted by Gasteiger charge is 2.07. The summed E-state index contributed by atoms with van der Waals surface area (Å²) in [5.41, 5.74) is 2.39. The topological polar surface area (TPSA) is 72.3 Å². The average molecular weight is 393 g/mol. The zero-order valence-corrected chi connectivity index (χ0v) is 16.9. The fraction of sp³-hybridized carbons (Fsp3) is 0.318. The van der Waals surface area contributed by atoms with E-state index in [-0.39, 0.29) is 5.91 Å². The maximum atomic E-state index is 12.5. The minimum atomic E-state index is -0.146. The zero-order valence-electron chi connectivity index (χ0n) is 16.9. The number of carbonyl (C=O) groups excluding carboxylic acids is 1. The fourth-order valence-corrected chi connectivity index (χ4v) is 2.93. The molecule has 0 fully saturated rings. The number of nitrogens with one attached hydrogen (secondary N) is 1. The number of nitrogens with zero attached hydrogens (tertiary/aromatic N) is 4. The van der Waals surface area contributed by atoms with Crippen molar-refractivity contribution in [3.05, 3.63) is 72.3 Å². The highest BCUT2D eigenvalue weighted by molar-refractivity contribution is 6.04. The van der Waals surface area contributed by atoms with Crippen LogP contribution in [0.4, 0.5) is 5.69 Å². The van der Waals surface area contributed by atoms with Gasteiger partial charge >= 0.3 is 0 Å². The Labute approximate surface area is 171 Å². The standard InChI is InChI=1S/C22H27N5O2/c1-3-26(4-2)13-14-29-21-11-9-20(10-12-21)25-22(28)19-7-5-18(6-8-19)15-27-17-23-16-24-27/h5-12,16-17H,3-4,13-15H2,1-2H3,(H,25,28). The van der Waals surface area contributed by atoms with Crippen LogP contribution in [0.1, 0.15) is 29.8 Å². The van der Waals surface area contributed by atoms with Gasteiger partial charge in [-0.3, -0.25) is 4.79 Å². The Kier molecular flexibility index (Phi) is 7.35. The molecule has 0 aliphatic carbocycles. The number of hydrogen-bond acceptors (Lipinski definition) is 5. The third kappa shape index (κ3) is 6.15. The molecule has 7 nitrogen and oxygen atoms in total. The van der Waals surface area contributed by atoms with Crippen molar-refractivity contribution in [3.63, 3.8) is 0 Å². The second kappa shape index (κ2) is 10.4. The smallest absolute Gasteiger partial charge is 0.255 e. The highest BCUT2D eigenvalue weighted by atomic mass is 16.5. The first-order valence-corrected chi connectivity index (χ1v) is 9.86. The Morgan fingerprint density at radius 2 is 1.79 bits per heavy atom. The Balaban J connectivity index is 1.49. The first-order valence-electron chi connectivity index (χ1n) is 9.86. The van der Waals surface area contributed by atoms with E-state index >= 15 is 0 Å². The molecule has 0 bridgehead atoms. The summed E-state index contributed by atoms with van der Waals surface area (Å²) in [6.07, 6.45) is 3.17. The molecule has 1 N–H and O–H groups in total. The van der Waals surface area contributed by atoms with E-state index in [2.05, 4.69) is 34.1 Å². The van der Waals surface area contributed by atoms with Gasteiger partial charge in [-0.2, -0.15) is 5.10 Å². The number of aromatic nitrogens is 3. The molecule has 0 aliphatic heterocycles.